The van der Waals surface area contributed by atoms with E-state index < -0.39 is 0 Å². The van der Waals surface area contributed by atoms with Gasteiger partial charge in [-0.15, -0.1) is 5.92 Å². The second-order valence-electron chi connectivity index (χ2n) is 6.90. The molecule has 0 spiro atoms. The minimum absolute atomic E-state index is 0.141. The van der Waals surface area contributed by atoms with E-state index in [4.69, 9.17) is 0 Å². The quantitative estimate of drug-likeness (QED) is 0.678. The molecule has 0 aromatic heterocycles. The van der Waals surface area contributed by atoms with Crippen LogP contribution in [0.1, 0.15) is 90.9 Å². The molecule has 1 aliphatic rings. The summed E-state index contributed by atoms with van der Waals surface area (Å²) in [5, 5.41) is 10.2. The Bertz CT molecular complexity index is 284. The van der Waals surface area contributed by atoms with Gasteiger partial charge in [-0.25, -0.2) is 0 Å². The Morgan fingerprint density at radius 2 is 1.55 bits per heavy atom. The summed E-state index contributed by atoms with van der Waals surface area (Å²) >= 11 is 0. The maximum Gasteiger partial charge on any atom is 0.0552 e. The third-order valence-corrected chi connectivity index (χ3v) is 4.21. The molecule has 2 unspecified atom stereocenters. The first-order valence-corrected chi connectivity index (χ1v) is 8.85. The van der Waals surface area contributed by atoms with Crippen molar-refractivity contribution in [1.29, 1.82) is 0 Å². The van der Waals surface area contributed by atoms with Crippen molar-refractivity contribution in [2.24, 2.45) is 11.8 Å². The van der Waals surface area contributed by atoms with Gasteiger partial charge in [-0.1, -0.05) is 64.7 Å². The van der Waals surface area contributed by atoms with E-state index in [-0.39, 0.29) is 6.10 Å². The first kappa shape index (κ1) is 17.6. The van der Waals surface area contributed by atoms with Crippen LogP contribution in [0.25, 0.3) is 0 Å². The first-order chi connectivity index (χ1) is 9.68. The standard InChI is InChI=1S/C19H34O/c1-17(2)15-18-13-11-9-7-5-3-4-6-8-10-12-14-19(20)16-18/h17-20H,3-10,12,14-16H2,1-2H3. The summed E-state index contributed by atoms with van der Waals surface area (Å²) in [5.74, 6) is 7.88. The maximum atomic E-state index is 10.2. The molecule has 0 saturated heterocycles. The van der Waals surface area contributed by atoms with Crippen molar-refractivity contribution < 1.29 is 5.11 Å². The summed E-state index contributed by atoms with van der Waals surface area (Å²) in [6.45, 7) is 4.51. The van der Waals surface area contributed by atoms with Crippen LogP contribution >= 0.6 is 0 Å². The summed E-state index contributed by atoms with van der Waals surface area (Å²) in [5.41, 5.74) is 0. The maximum absolute atomic E-state index is 10.2. The Hall–Kier alpha value is -0.480. The van der Waals surface area contributed by atoms with Crippen molar-refractivity contribution >= 4 is 0 Å². The number of rotatable bonds is 2. The van der Waals surface area contributed by atoms with Crippen LogP contribution in [0, 0.1) is 23.7 Å². The highest BCUT2D eigenvalue weighted by Crippen LogP contribution is 2.20. The molecule has 0 aromatic rings. The molecule has 0 heterocycles. The number of hydrogen-bond acceptors (Lipinski definition) is 1. The van der Waals surface area contributed by atoms with Gasteiger partial charge in [-0.05, 0) is 31.6 Å². The molecule has 1 nitrogen and oxygen atoms in total. The van der Waals surface area contributed by atoms with Crippen LogP contribution in [0.2, 0.25) is 0 Å². The highest BCUT2D eigenvalue weighted by molar-refractivity contribution is 5.04. The number of hydrogen-bond donors (Lipinski definition) is 1. The lowest BCUT2D eigenvalue weighted by atomic mass is 9.90. The van der Waals surface area contributed by atoms with Gasteiger partial charge in [-0.2, -0.15) is 0 Å². The molecule has 1 heteroatoms. The summed E-state index contributed by atoms with van der Waals surface area (Å²) in [7, 11) is 0. The highest BCUT2D eigenvalue weighted by atomic mass is 16.3. The predicted octanol–water partition coefficient (Wildman–Crippen LogP) is 5.32. The molecule has 0 aliphatic heterocycles. The van der Waals surface area contributed by atoms with Crippen LogP contribution in [0.3, 0.4) is 0 Å². The molecule has 116 valence electrons. The second-order valence-corrected chi connectivity index (χ2v) is 6.90. The van der Waals surface area contributed by atoms with Crippen LogP contribution in [0.5, 0.6) is 0 Å². The molecule has 1 rings (SSSR count). The van der Waals surface area contributed by atoms with Gasteiger partial charge in [0.05, 0.1) is 6.10 Å². The average molecular weight is 278 g/mol. The summed E-state index contributed by atoms with van der Waals surface area (Å²) in [4.78, 5) is 0. The van der Waals surface area contributed by atoms with E-state index >= 15 is 0 Å². The van der Waals surface area contributed by atoms with E-state index in [0.717, 1.165) is 25.7 Å². The van der Waals surface area contributed by atoms with Gasteiger partial charge < -0.3 is 5.11 Å². The topological polar surface area (TPSA) is 20.2 Å². The smallest absolute Gasteiger partial charge is 0.0552 e. The molecule has 1 N–H and O–H groups in total. The van der Waals surface area contributed by atoms with Crippen LogP contribution < -0.4 is 0 Å². The van der Waals surface area contributed by atoms with Crippen molar-refractivity contribution in [1.82, 2.24) is 0 Å². The fourth-order valence-corrected chi connectivity index (χ4v) is 3.10. The Balaban J connectivity index is 2.48. The predicted molar refractivity (Wildman–Crippen MR) is 87.5 cm³/mol. The van der Waals surface area contributed by atoms with Crippen molar-refractivity contribution in [2.75, 3.05) is 0 Å². The van der Waals surface area contributed by atoms with Crippen LogP contribution in [-0.2, 0) is 0 Å². The minimum Gasteiger partial charge on any atom is -0.393 e. The van der Waals surface area contributed by atoms with Gasteiger partial charge >= 0.3 is 0 Å². The zero-order chi connectivity index (χ0) is 14.6. The average Bonchev–Trinajstić information content (AvgIpc) is 2.39. The zero-order valence-corrected chi connectivity index (χ0v) is 13.7. The van der Waals surface area contributed by atoms with Gasteiger partial charge in [-0.3, -0.25) is 0 Å². The van der Waals surface area contributed by atoms with Gasteiger partial charge in [0, 0.05) is 12.3 Å². The molecule has 0 radical (unpaired) electrons. The highest BCUT2D eigenvalue weighted by Gasteiger charge is 2.14. The van der Waals surface area contributed by atoms with Gasteiger partial charge in [0.25, 0.3) is 0 Å². The monoisotopic (exact) mass is 278 g/mol. The lowest BCUT2D eigenvalue weighted by Gasteiger charge is -2.17. The first-order valence-electron chi connectivity index (χ1n) is 8.85. The van der Waals surface area contributed by atoms with Crippen molar-refractivity contribution in [3.05, 3.63) is 0 Å². The van der Waals surface area contributed by atoms with E-state index in [2.05, 4.69) is 25.7 Å². The van der Waals surface area contributed by atoms with Crippen LogP contribution in [-0.4, -0.2) is 11.2 Å². The van der Waals surface area contributed by atoms with E-state index in [1.54, 1.807) is 0 Å². The van der Waals surface area contributed by atoms with Gasteiger partial charge in [0.2, 0.25) is 0 Å². The molecule has 0 bridgehead atoms. The van der Waals surface area contributed by atoms with Crippen molar-refractivity contribution in [2.45, 2.75) is 97.0 Å². The van der Waals surface area contributed by atoms with Gasteiger partial charge in [0.15, 0.2) is 0 Å². The molecular formula is C19H34O. The van der Waals surface area contributed by atoms with E-state index in [1.165, 1.54) is 51.4 Å². The van der Waals surface area contributed by atoms with Crippen molar-refractivity contribution in [3.8, 4) is 11.8 Å². The molecule has 2 atom stereocenters. The Kier molecular flexibility index (Phi) is 9.85. The summed E-state index contributed by atoms with van der Waals surface area (Å²) in [6.07, 6.45) is 14.4. The summed E-state index contributed by atoms with van der Waals surface area (Å²) in [6, 6.07) is 0. The molecule has 0 fully saturated rings. The Labute approximate surface area is 126 Å². The normalized spacial score (nSPS) is 27.2. The van der Waals surface area contributed by atoms with Crippen LogP contribution in [0.4, 0.5) is 0 Å². The fourth-order valence-electron chi connectivity index (χ4n) is 3.10. The lowest BCUT2D eigenvalue weighted by molar-refractivity contribution is 0.135. The fraction of sp³-hybridized carbons (Fsp3) is 0.895. The number of aliphatic hydroxyl groups is 1. The number of aliphatic hydroxyl groups excluding tert-OH is 1. The zero-order valence-electron chi connectivity index (χ0n) is 13.7. The van der Waals surface area contributed by atoms with E-state index in [1.807, 2.05) is 0 Å². The molecule has 0 amide bonds. The lowest BCUT2D eigenvalue weighted by Crippen LogP contribution is -2.14. The second kappa shape index (κ2) is 11.2. The Morgan fingerprint density at radius 1 is 0.950 bits per heavy atom. The summed E-state index contributed by atoms with van der Waals surface area (Å²) < 4.78 is 0. The van der Waals surface area contributed by atoms with E-state index in [9.17, 15) is 5.11 Å². The van der Waals surface area contributed by atoms with Gasteiger partial charge in [0.1, 0.15) is 0 Å². The SMILES string of the molecule is CC(C)CC1C#CCCCCCCCCCCC(O)C1. The third kappa shape index (κ3) is 9.43. The third-order valence-electron chi connectivity index (χ3n) is 4.21. The van der Waals surface area contributed by atoms with Crippen molar-refractivity contribution in [3.63, 3.8) is 0 Å². The molecule has 0 saturated carbocycles. The molecule has 0 aromatic carbocycles. The minimum atomic E-state index is -0.141. The van der Waals surface area contributed by atoms with E-state index in [0.29, 0.717) is 11.8 Å². The van der Waals surface area contributed by atoms with Crippen LogP contribution in [0.15, 0.2) is 0 Å². The molecular weight excluding hydrogens is 244 g/mol. The largest absolute Gasteiger partial charge is 0.393 e. The molecule has 1 aliphatic carbocycles. The Morgan fingerprint density at radius 3 is 2.20 bits per heavy atom. The molecule has 20 heavy (non-hydrogen) atoms.